The zero-order valence-corrected chi connectivity index (χ0v) is 20.5. The highest BCUT2D eigenvalue weighted by Gasteiger charge is 2.37. The molecule has 0 bridgehead atoms. The fourth-order valence-corrected chi connectivity index (χ4v) is 4.95. The average molecular weight is 517 g/mol. The maximum atomic E-state index is 12.6. The van der Waals surface area contributed by atoms with Gasteiger partial charge in [-0.3, -0.25) is 9.55 Å². The monoisotopic (exact) mass is 515 g/mol. The highest BCUT2D eigenvalue weighted by Crippen LogP contribution is 2.45. The van der Waals surface area contributed by atoms with Crippen LogP contribution in [-0.4, -0.2) is 25.2 Å². The molecule has 0 amide bonds. The van der Waals surface area contributed by atoms with Gasteiger partial charge in [-0.05, 0) is 55.8 Å². The second kappa shape index (κ2) is 8.38. The predicted octanol–water partition coefficient (Wildman–Crippen LogP) is 6.72. The Morgan fingerprint density at radius 3 is 2.41 bits per heavy atom. The van der Waals surface area contributed by atoms with E-state index in [2.05, 4.69) is 4.98 Å². The number of halogens is 3. The highest BCUT2D eigenvalue weighted by molar-refractivity contribution is 6.36. The number of aromatic nitrogens is 3. The third-order valence-electron chi connectivity index (χ3n) is 5.84. The molecule has 174 valence electrons. The molecule has 2 aromatic heterocycles. The molecule has 6 nitrogen and oxygen atoms in total. The van der Waals surface area contributed by atoms with Crippen LogP contribution < -0.4 is 10.4 Å². The average Bonchev–Trinajstić information content (AvgIpc) is 3.10. The fraction of sp³-hybridized carbons (Fsp3) is 0.200. The predicted molar refractivity (Wildman–Crippen MR) is 134 cm³/mol. The number of nitrogens with one attached hydrogen (secondary N) is 1. The number of fused-ring (bicyclic) bond motifs is 1. The number of ether oxygens (including phenoxy) is 1. The SMILES string of the molecule is CC1(C)CC(n2cc(O)[nH]c2=O)c2cc(-c3ccc(Cl)cc3)c(-c3ccc(Cl)cc3Cl)nc2O1. The van der Waals surface area contributed by atoms with Gasteiger partial charge in [0.25, 0.3) is 0 Å². The standard InChI is InChI=1S/C25H20Cl3N3O3/c1-25(2)11-20(31-12-21(32)29-24(31)33)18-10-17(13-3-5-14(26)6-4-13)22(30-23(18)34-25)16-8-7-15(27)9-19(16)28/h3-10,12,20,32H,11H2,1-2H3,(H,29,33). The Hall–Kier alpha value is -2.93. The van der Waals surface area contributed by atoms with Crippen LogP contribution in [0.15, 0.2) is 59.5 Å². The second-order valence-electron chi connectivity index (χ2n) is 8.84. The zero-order valence-electron chi connectivity index (χ0n) is 18.3. The van der Waals surface area contributed by atoms with Crippen LogP contribution in [0.4, 0.5) is 0 Å². The Morgan fingerprint density at radius 2 is 1.76 bits per heavy atom. The van der Waals surface area contributed by atoms with Gasteiger partial charge >= 0.3 is 5.69 Å². The van der Waals surface area contributed by atoms with Crippen LogP contribution in [0.1, 0.15) is 31.9 Å². The van der Waals surface area contributed by atoms with Crippen molar-refractivity contribution in [2.75, 3.05) is 0 Å². The Kier molecular flexibility index (Phi) is 5.63. The molecular weight excluding hydrogens is 497 g/mol. The first-order chi connectivity index (χ1) is 16.1. The molecule has 9 heteroatoms. The summed E-state index contributed by atoms with van der Waals surface area (Å²) < 4.78 is 7.74. The lowest BCUT2D eigenvalue weighted by Crippen LogP contribution is -2.39. The van der Waals surface area contributed by atoms with Gasteiger partial charge in [-0.1, -0.05) is 46.9 Å². The van der Waals surface area contributed by atoms with Crippen molar-refractivity contribution in [3.63, 3.8) is 0 Å². The van der Waals surface area contributed by atoms with Crippen molar-refractivity contribution in [2.45, 2.75) is 31.9 Å². The quantitative estimate of drug-likeness (QED) is 0.317. The van der Waals surface area contributed by atoms with E-state index in [-0.39, 0.29) is 5.88 Å². The van der Waals surface area contributed by atoms with Crippen molar-refractivity contribution in [3.05, 3.63) is 85.8 Å². The lowest BCUT2D eigenvalue weighted by molar-refractivity contribution is 0.0607. The topological polar surface area (TPSA) is 80.1 Å². The molecule has 34 heavy (non-hydrogen) atoms. The van der Waals surface area contributed by atoms with Crippen molar-refractivity contribution < 1.29 is 9.84 Å². The molecule has 0 aliphatic carbocycles. The molecule has 2 aromatic carbocycles. The van der Waals surface area contributed by atoms with Crippen LogP contribution >= 0.6 is 34.8 Å². The number of aromatic amines is 1. The summed E-state index contributed by atoms with van der Waals surface area (Å²) in [6, 6.07) is 14.2. The smallest absolute Gasteiger partial charge is 0.328 e. The van der Waals surface area contributed by atoms with Gasteiger partial charge < -0.3 is 9.84 Å². The maximum Gasteiger partial charge on any atom is 0.328 e. The first kappa shape index (κ1) is 22.8. The zero-order chi connectivity index (χ0) is 24.2. The van der Waals surface area contributed by atoms with Crippen molar-refractivity contribution in [3.8, 4) is 34.1 Å². The summed E-state index contributed by atoms with van der Waals surface area (Å²) in [5, 5.41) is 11.5. The molecule has 1 aliphatic heterocycles. The van der Waals surface area contributed by atoms with Gasteiger partial charge in [0.2, 0.25) is 11.8 Å². The fourth-order valence-electron chi connectivity index (χ4n) is 4.32. The van der Waals surface area contributed by atoms with E-state index in [1.807, 2.05) is 38.1 Å². The molecule has 3 heterocycles. The van der Waals surface area contributed by atoms with Crippen LogP contribution in [-0.2, 0) is 0 Å². The number of hydrogen-bond donors (Lipinski definition) is 2. The number of benzene rings is 2. The number of aromatic hydroxyl groups is 1. The molecule has 1 atom stereocenters. The Bertz CT molecular complexity index is 1460. The largest absolute Gasteiger partial charge is 0.493 e. The summed E-state index contributed by atoms with van der Waals surface area (Å²) in [7, 11) is 0. The van der Waals surface area contributed by atoms with E-state index in [9.17, 15) is 9.90 Å². The number of hydrogen-bond acceptors (Lipinski definition) is 4. The molecule has 1 aliphatic rings. The molecular formula is C25H20Cl3N3O3. The highest BCUT2D eigenvalue weighted by atomic mass is 35.5. The van der Waals surface area contributed by atoms with E-state index in [0.29, 0.717) is 38.6 Å². The normalized spacial score (nSPS) is 16.7. The van der Waals surface area contributed by atoms with E-state index in [4.69, 9.17) is 44.5 Å². The Morgan fingerprint density at radius 1 is 1.06 bits per heavy atom. The minimum atomic E-state index is -0.611. The van der Waals surface area contributed by atoms with E-state index < -0.39 is 17.3 Å². The third-order valence-corrected chi connectivity index (χ3v) is 6.64. The van der Waals surface area contributed by atoms with Crippen molar-refractivity contribution in [2.24, 2.45) is 0 Å². The Labute approximate surface area is 210 Å². The van der Waals surface area contributed by atoms with Gasteiger partial charge in [0.05, 0.1) is 23.0 Å². The molecule has 0 saturated carbocycles. The molecule has 0 fully saturated rings. The first-order valence-electron chi connectivity index (χ1n) is 10.6. The summed E-state index contributed by atoms with van der Waals surface area (Å²) in [6.45, 7) is 3.87. The van der Waals surface area contributed by atoms with Crippen molar-refractivity contribution in [1.29, 1.82) is 0 Å². The van der Waals surface area contributed by atoms with E-state index >= 15 is 0 Å². The van der Waals surface area contributed by atoms with Crippen LogP contribution in [0, 0.1) is 0 Å². The summed E-state index contributed by atoms with van der Waals surface area (Å²) in [5.41, 5.74) is 2.67. The minimum absolute atomic E-state index is 0.203. The van der Waals surface area contributed by atoms with E-state index in [0.717, 1.165) is 16.7 Å². The third kappa shape index (κ3) is 4.17. The molecule has 1 unspecified atom stereocenters. The Balaban J connectivity index is 1.79. The molecule has 5 rings (SSSR count). The molecule has 4 aromatic rings. The number of rotatable bonds is 3. The lowest BCUT2D eigenvalue weighted by atomic mass is 9.88. The summed E-state index contributed by atoms with van der Waals surface area (Å²) in [6.07, 6.45) is 1.89. The van der Waals surface area contributed by atoms with Gasteiger partial charge in [-0.25, -0.2) is 9.78 Å². The van der Waals surface area contributed by atoms with E-state index in [1.54, 1.807) is 24.3 Å². The van der Waals surface area contributed by atoms with Gasteiger partial charge in [0, 0.05) is 33.2 Å². The van der Waals surface area contributed by atoms with Crippen molar-refractivity contribution >= 4 is 34.8 Å². The first-order valence-corrected chi connectivity index (χ1v) is 11.7. The molecule has 0 radical (unpaired) electrons. The second-order valence-corrected chi connectivity index (χ2v) is 10.1. The van der Waals surface area contributed by atoms with Crippen LogP contribution in [0.25, 0.3) is 22.4 Å². The molecule has 0 spiro atoms. The maximum absolute atomic E-state index is 12.6. The summed E-state index contributed by atoms with van der Waals surface area (Å²) in [4.78, 5) is 19.9. The van der Waals surface area contributed by atoms with Gasteiger partial charge in [-0.15, -0.1) is 0 Å². The number of pyridine rings is 1. The number of nitrogens with zero attached hydrogens (tertiary/aromatic N) is 2. The number of H-pyrrole nitrogens is 1. The summed E-state index contributed by atoms with van der Waals surface area (Å²) >= 11 is 18.8. The van der Waals surface area contributed by atoms with Crippen molar-refractivity contribution in [1.82, 2.24) is 14.5 Å². The lowest BCUT2D eigenvalue weighted by Gasteiger charge is -2.37. The van der Waals surface area contributed by atoms with Gasteiger partial charge in [0.15, 0.2) is 0 Å². The minimum Gasteiger partial charge on any atom is -0.493 e. The number of imidazole rings is 1. The summed E-state index contributed by atoms with van der Waals surface area (Å²) in [5.74, 6) is 0.193. The van der Waals surface area contributed by atoms with Crippen LogP contribution in [0.2, 0.25) is 15.1 Å². The van der Waals surface area contributed by atoms with Gasteiger partial charge in [0.1, 0.15) is 5.60 Å². The van der Waals surface area contributed by atoms with E-state index in [1.165, 1.54) is 10.8 Å². The molecule has 2 N–H and O–H groups in total. The molecule has 0 saturated heterocycles. The van der Waals surface area contributed by atoms with Crippen LogP contribution in [0.5, 0.6) is 11.8 Å². The van der Waals surface area contributed by atoms with Crippen LogP contribution in [0.3, 0.4) is 0 Å². The van der Waals surface area contributed by atoms with Gasteiger partial charge in [-0.2, -0.15) is 0 Å².